The van der Waals surface area contributed by atoms with E-state index < -0.39 is 9.84 Å². The lowest BCUT2D eigenvalue weighted by Crippen LogP contribution is -2.44. The fourth-order valence-electron chi connectivity index (χ4n) is 2.20. The van der Waals surface area contributed by atoms with Crippen LogP contribution in [-0.2, 0) is 15.3 Å². The Morgan fingerprint density at radius 3 is 2.00 bits per heavy atom. The van der Waals surface area contributed by atoms with Crippen molar-refractivity contribution in [2.45, 2.75) is 55.2 Å². The van der Waals surface area contributed by atoms with Crippen LogP contribution in [0.4, 0.5) is 0 Å². The molecule has 0 saturated heterocycles. The van der Waals surface area contributed by atoms with Gasteiger partial charge in [-0.15, -0.1) is 0 Å². The van der Waals surface area contributed by atoms with Crippen LogP contribution in [-0.4, -0.2) is 19.7 Å². The summed E-state index contributed by atoms with van der Waals surface area (Å²) in [5.74, 6) is 0. The molecule has 1 saturated carbocycles. The van der Waals surface area contributed by atoms with Gasteiger partial charge in [-0.25, -0.2) is 8.42 Å². The molecular weight excluding hydrogens is 246 g/mol. The molecule has 2 rings (SSSR count). The molecular formula is C14H21NO2S. The van der Waals surface area contributed by atoms with Crippen LogP contribution in [0.3, 0.4) is 0 Å². The van der Waals surface area contributed by atoms with Crippen molar-refractivity contribution in [3.8, 4) is 0 Å². The Bertz CT molecular complexity index is 520. The largest absolute Gasteiger partial charge is 0.328 e. The summed E-state index contributed by atoms with van der Waals surface area (Å²) in [6.45, 7) is 6.34. The molecule has 1 aromatic rings. The van der Waals surface area contributed by atoms with Crippen LogP contribution in [0.2, 0.25) is 0 Å². The van der Waals surface area contributed by atoms with Crippen molar-refractivity contribution in [2.24, 2.45) is 5.73 Å². The molecule has 2 N–H and O–H groups in total. The van der Waals surface area contributed by atoms with E-state index in [-0.39, 0.29) is 16.7 Å². The van der Waals surface area contributed by atoms with Gasteiger partial charge >= 0.3 is 0 Å². The summed E-state index contributed by atoms with van der Waals surface area (Å²) < 4.78 is 24.5. The minimum absolute atomic E-state index is 0.0428. The zero-order valence-electron chi connectivity index (χ0n) is 11.2. The van der Waals surface area contributed by atoms with E-state index >= 15 is 0 Å². The number of hydrogen-bond acceptors (Lipinski definition) is 3. The van der Waals surface area contributed by atoms with Gasteiger partial charge in [0.05, 0.1) is 10.1 Å². The third kappa shape index (κ3) is 2.45. The second-order valence-electron chi connectivity index (χ2n) is 6.17. The zero-order chi connectivity index (χ0) is 13.6. The Morgan fingerprint density at radius 1 is 1.11 bits per heavy atom. The van der Waals surface area contributed by atoms with Crippen LogP contribution >= 0.6 is 0 Å². The standard InChI is InChI=1S/C14H21NO2S/c1-14(2,3)10-4-6-12(7-5-10)18(16,17)13-8-11(15)9-13/h4-7,11,13H,8-9,15H2,1-3H3. The van der Waals surface area contributed by atoms with Crippen LogP contribution in [0.25, 0.3) is 0 Å². The minimum atomic E-state index is -3.18. The average Bonchev–Trinajstić information content (AvgIpc) is 2.24. The van der Waals surface area contributed by atoms with Crippen LogP contribution in [0.1, 0.15) is 39.2 Å². The summed E-state index contributed by atoms with van der Waals surface area (Å²) in [7, 11) is -3.18. The summed E-state index contributed by atoms with van der Waals surface area (Å²) in [5.41, 5.74) is 6.85. The average molecular weight is 267 g/mol. The van der Waals surface area contributed by atoms with Gasteiger partial charge in [0.15, 0.2) is 9.84 Å². The van der Waals surface area contributed by atoms with Crippen molar-refractivity contribution in [3.63, 3.8) is 0 Å². The highest BCUT2D eigenvalue weighted by atomic mass is 32.2. The van der Waals surface area contributed by atoms with E-state index in [2.05, 4.69) is 20.8 Å². The maximum absolute atomic E-state index is 12.3. The van der Waals surface area contributed by atoms with Gasteiger partial charge in [-0.1, -0.05) is 32.9 Å². The molecule has 0 aromatic heterocycles. The number of rotatable bonds is 2. The number of hydrogen-bond donors (Lipinski definition) is 1. The van der Waals surface area contributed by atoms with Crippen molar-refractivity contribution in [2.75, 3.05) is 0 Å². The number of benzene rings is 1. The van der Waals surface area contributed by atoms with Gasteiger partial charge in [-0.05, 0) is 36.0 Å². The Labute approximate surface area is 109 Å². The highest BCUT2D eigenvalue weighted by Gasteiger charge is 2.37. The topological polar surface area (TPSA) is 60.2 Å². The smallest absolute Gasteiger partial charge is 0.181 e. The first-order chi connectivity index (χ1) is 8.21. The molecule has 0 aliphatic heterocycles. The lowest BCUT2D eigenvalue weighted by atomic mass is 9.87. The van der Waals surface area contributed by atoms with E-state index in [9.17, 15) is 8.42 Å². The van der Waals surface area contributed by atoms with Crippen molar-refractivity contribution >= 4 is 9.84 Å². The Kier molecular flexibility index (Phi) is 3.28. The molecule has 0 bridgehead atoms. The SMILES string of the molecule is CC(C)(C)c1ccc(S(=O)(=O)C2CC(N)C2)cc1. The molecule has 0 spiro atoms. The lowest BCUT2D eigenvalue weighted by molar-refractivity contribution is 0.409. The molecule has 100 valence electrons. The number of nitrogens with two attached hydrogens (primary N) is 1. The highest BCUT2D eigenvalue weighted by molar-refractivity contribution is 7.92. The minimum Gasteiger partial charge on any atom is -0.328 e. The molecule has 1 aliphatic rings. The van der Waals surface area contributed by atoms with Crippen LogP contribution in [0, 0.1) is 0 Å². The van der Waals surface area contributed by atoms with Gasteiger partial charge in [0, 0.05) is 6.04 Å². The van der Waals surface area contributed by atoms with Crippen molar-refractivity contribution in [1.29, 1.82) is 0 Å². The van der Waals surface area contributed by atoms with Gasteiger partial charge < -0.3 is 5.73 Å². The fourth-order valence-corrected chi connectivity index (χ4v) is 4.10. The summed E-state index contributed by atoms with van der Waals surface area (Å²) >= 11 is 0. The third-order valence-electron chi connectivity index (χ3n) is 3.62. The van der Waals surface area contributed by atoms with E-state index in [0.717, 1.165) is 5.56 Å². The molecule has 0 atom stereocenters. The second kappa shape index (κ2) is 4.35. The molecule has 1 fully saturated rings. The van der Waals surface area contributed by atoms with Gasteiger partial charge in [0.2, 0.25) is 0 Å². The van der Waals surface area contributed by atoms with Gasteiger partial charge in [-0.3, -0.25) is 0 Å². The quantitative estimate of drug-likeness (QED) is 0.894. The van der Waals surface area contributed by atoms with Gasteiger partial charge in [0.1, 0.15) is 0 Å². The Hall–Kier alpha value is -0.870. The normalized spacial score (nSPS) is 24.7. The third-order valence-corrected chi connectivity index (χ3v) is 5.81. The predicted octanol–water partition coefficient (Wildman–Crippen LogP) is 2.25. The van der Waals surface area contributed by atoms with Crippen molar-refractivity contribution in [1.82, 2.24) is 0 Å². The van der Waals surface area contributed by atoms with Gasteiger partial charge in [0.25, 0.3) is 0 Å². The summed E-state index contributed by atoms with van der Waals surface area (Å²) in [6, 6.07) is 7.31. The first-order valence-electron chi connectivity index (χ1n) is 6.31. The maximum Gasteiger partial charge on any atom is 0.181 e. The fraction of sp³-hybridized carbons (Fsp3) is 0.571. The molecule has 1 aromatic carbocycles. The van der Waals surface area contributed by atoms with Crippen molar-refractivity contribution in [3.05, 3.63) is 29.8 Å². The summed E-state index contributed by atoms with van der Waals surface area (Å²) in [6.07, 6.45) is 1.17. The molecule has 0 heterocycles. The molecule has 4 heteroatoms. The first-order valence-corrected chi connectivity index (χ1v) is 7.86. The second-order valence-corrected chi connectivity index (χ2v) is 8.40. The summed E-state index contributed by atoms with van der Waals surface area (Å²) in [4.78, 5) is 0.424. The van der Waals surface area contributed by atoms with Crippen LogP contribution in [0.15, 0.2) is 29.2 Å². The predicted molar refractivity (Wildman–Crippen MR) is 73.3 cm³/mol. The zero-order valence-corrected chi connectivity index (χ0v) is 12.0. The van der Waals surface area contributed by atoms with Crippen LogP contribution in [0.5, 0.6) is 0 Å². The first kappa shape index (κ1) is 13.6. The molecule has 0 amide bonds. The van der Waals surface area contributed by atoms with E-state index in [0.29, 0.717) is 17.7 Å². The number of sulfone groups is 1. The maximum atomic E-state index is 12.3. The summed E-state index contributed by atoms with van der Waals surface area (Å²) in [5, 5.41) is -0.284. The monoisotopic (exact) mass is 267 g/mol. The van der Waals surface area contributed by atoms with E-state index in [4.69, 9.17) is 5.73 Å². The highest BCUT2D eigenvalue weighted by Crippen LogP contribution is 2.31. The van der Waals surface area contributed by atoms with Gasteiger partial charge in [-0.2, -0.15) is 0 Å². The Morgan fingerprint density at radius 2 is 1.61 bits per heavy atom. The lowest BCUT2D eigenvalue weighted by Gasteiger charge is -2.32. The molecule has 18 heavy (non-hydrogen) atoms. The van der Waals surface area contributed by atoms with E-state index in [1.807, 2.05) is 12.1 Å². The van der Waals surface area contributed by atoms with E-state index in [1.54, 1.807) is 12.1 Å². The molecule has 0 unspecified atom stereocenters. The molecule has 3 nitrogen and oxygen atoms in total. The Balaban J connectivity index is 2.25. The van der Waals surface area contributed by atoms with Crippen molar-refractivity contribution < 1.29 is 8.42 Å². The molecule has 0 radical (unpaired) electrons. The molecule has 1 aliphatic carbocycles. The van der Waals surface area contributed by atoms with E-state index in [1.165, 1.54) is 0 Å². The van der Waals surface area contributed by atoms with Crippen LogP contribution < -0.4 is 5.73 Å².